The van der Waals surface area contributed by atoms with Crippen LogP contribution >= 0.6 is 0 Å². The third kappa shape index (κ3) is 4.10. The van der Waals surface area contributed by atoms with Crippen LogP contribution in [-0.4, -0.2) is 30.7 Å². The zero-order valence-electron chi connectivity index (χ0n) is 10.6. The van der Waals surface area contributed by atoms with E-state index in [1.807, 2.05) is 20.8 Å². The molecular weight excluding hydrogens is 204 g/mol. The molecule has 0 aromatic carbocycles. The quantitative estimate of drug-likeness (QED) is 0.652. The second-order valence-corrected chi connectivity index (χ2v) is 5.02. The molecule has 0 spiro atoms. The van der Waals surface area contributed by atoms with E-state index in [1.54, 1.807) is 0 Å². The normalized spacial score (nSPS) is 21.4. The number of likely N-dealkylation sites (N-methyl/N-ethyl adjacent to an activating group) is 1. The molecular formula is C12H24N2O2. The van der Waals surface area contributed by atoms with E-state index in [9.17, 15) is 4.79 Å². The number of carbonyl (C=O) groups excluding carboxylic acids is 1. The van der Waals surface area contributed by atoms with Crippen LogP contribution in [0.1, 0.15) is 40.0 Å². The molecule has 0 radical (unpaired) electrons. The second kappa shape index (κ2) is 5.64. The van der Waals surface area contributed by atoms with Gasteiger partial charge in [0.1, 0.15) is 0 Å². The molecule has 94 valence electrons. The van der Waals surface area contributed by atoms with Crippen molar-refractivity contribution in [3.8, 4) is 0 Å². The van der Waals surface area contributed by atoms with Gasteiger partial charge < -0.3 is 15.8 Å². The number of nitrogens with one attached hydrogen (secondary N) is 1. The molecule has 4 heteroatoms. The summed E-state index contributed by atoms with van der Waals surface area (Å²) in [7, 11) is 0. The van der Waals surface area contributed by atoms with Crippen LogP contribution in [0.2, 0.25) is 0 Å². The second-order valence-electron chi connectivity index (χ2n) is 5.02. The van der Waals surface area contributed by atoms with Gasteiger partial charge in [-0.3, -0.25) is 4.79 Å². The maximum Gasteiger partial charge on any atom is 0.237 e. The Morgan fingerprint density at radius 1 is 1.62 bits per heavy atom. The van der Waals surface area contributed by atoms with Gasteiger partial charge in [0.15, 0.2) is 0 Å². The van der Waals surface area contributed by atoms with Crippen molar-refractivity contribution < 1.29 is 9.53 Å². The number of rotatable bonds is 8. The van der Waals surface area contributed by atoms with Crippen molar-refractivity contribution in [1.82, 2.24) is 5.32 Å². The largest absolute Gasteiger partial charge is 0.378 e. The Morgan fingerprint density at radius 3 is 2.69 bits per heavy atom. The molecule has 0 aromatic rings. The summed E-state index contributed by atoms with van der Waals surface area (Å²) in [5.74, 6) is 0.442. The number of carbonyl (C=O) groups is 1. The highest BCUT2D eigenvalue weighted by Crippen LogP contribution is 2.29. The summed E-state index contributed by atoms with van der Waals surface area (Å²) in [5, 5.41) is 3.14. The fourth-order valence-electron chi connectivity index (χ4n) is 1.87. The predicted molar refractivity (Wildman–Crippen MR) is 64.0 cm³/mol. The molecule has 1 saturated carbocycles. The lowest BCUT2D eigenvalue weighted by molar-refractivity contribution is -0.125. The Kier molecular flexibility index (Phi) is 4.74. The summed E-state index contributed by atoms with van der Waals surface area (Å²) in [6.07, 6.45) is 3.26. The van der Waals surface area contributed by atoms with Crippen LogP contribution < -0.4 is 11.1 Å². The van der Waals surface area contributed by atoms with Gasteiger partial charge in [0, 0.05) is 13.0 Å². The van der Waals surface area contributed by atoms with Crippen LogP contribution in [0.4, 0.5) is 0 Å². The average molecular weight is 228 g/mol. The van der Waals surface area contributed by atoms with E-state index < -0.39 is 5.54 Å². The summed E-state index contributed by atoms with van der Waals surface area (Å²) in [4.78, 5) is 11.4. The molecule has 0 bridgehead atoms. The summed E-state index contributed by atoms with van der Waals surface area (Å²) >= 11 is 0. The van der Waals surface area contributed by atoms with Crippen molar-refractivity contribution >= 4 is 5.91 Å². The first kappa shape index (κ1) is 13.5. The Hall–Kier alpha value is -0.610. The first-order chi connectivity index (χ1) is 7.48. The lowest BCUT2D eigenvalue weighted by Gasteiger charge is -2.29. The molecule has 1 aliphatic carbocycles. The van der Waals surface area contributed by atoms with E-state index in [4.69, 9.17) is 10.5 Å². The van der Waals surface area contributed by atoms with Gasteiger partial charge >= 0.3 is 0 Å². The topological polar surface area (TPSA) is 64.3 Å². The lowest BCUT2D eigenvalue weighted by Crippen LogP contribution is -2.54. The van der Waals surface area contributed by atoms with E-state index in [1.165, 1.54) is 12.8 Å². The fraction of sp³-hybridized carbons (Fsp3) is 0.917. The Balaban J connectivity index is 2.36. The van der Waals surface area contributed by atoms with Crippen LogP contribution in [-0.2, 0) is 9.53 Å². The highest BCUT2D eigenvalue weighted by atomic mass is 16.5. The number of ether oxygens (including phenoxy) is 1. The molecule has 0 heterocycles. The Bertz CT molecular complexity index is 241. The van der Waals surface area contributed by atoms with Gasteiger partial charge in [-0.15, -0.1) is 0 Å². The van der Waals surface area contributed by atoms with Crippen molar-refractivity contribution in [2.45, 2.75) is 51.7 Å². The summed E-state index contributed by atoms with van der Waals surface area (Å²) in [5.41, 5.74) is 4.76. The monoisotopic (exact) mass is 228 g/mol. The van der Waals surface area contributed by atoms with Gasteiger partial charge in [-0.25, -0.2) is 0 Å². The molecule has 2 atom stereocenters. The van der Waals surface area contributed by atoms with E-state index in [-0.39, 0.29) is 12.0 Å². The number of primary amides is 1. The highest BCUT2D eigenvalue weighted by Gasteiger charge is 2.32. The van der Waals surface area contributed by atoms with Crippen molar-refractivity contribution in [2.75, 3.05) is 13.2 Å². The molecule has 1 amide bonds. The van der Waals surface area contributed by atoms with Gasteiger partial charge in [0.2, 0.25) is 5.91 Å². The zero-order chi connectivity index (χ0) is 12.2. The highest BCUT2D eigenvalue weighted by molar-refractivity contribution is 5.84. The van der Waals surface area contributed by atoms with Gasteiger partial charge in [0.05, 0.1) is 11.6 Å². The van der Waals surface area contributed by atoms with Crippen molar-refractivity contribution in [3.63, 3.8) is 0 Å². The van der Waals surface area contributed by atoms with Crippen LogP contribution in [0.3, 0.4) is 0 Å². The third-order valence-corrected chi connectivity index (χ3v) is 3.12. The van der Waals surface area contributed by atoms with Crippen molar-refractivity contribution in [1.29, 1.82) is 0 Å². The third-order valence-electron chi connectivity index (χ3n) is 3.12. The van der Waals surface area contributed by atoms with E-state index >= 15 is 0 Å². The smallest absolute Gasteiger partial charge is 0.237 e. The maximum absolute atomic E-state index is 11.4. The van der Waals surface area contributed by atoms with Gasteiger partial charge in [0.25, 0.3) is 0 Å². The molecule has 1 aliphatic rings. The van der Waals surface area contributed by atoms with Crippen LogP contribution in [0.25, 0.3) is 0 Å². The Morgan fingerprint density at radius 2 is 2.25 bits per heavy atom. The van der Waals surface area contributed by atoms with Gasteiger partial charge in [-0.05, 0) is 39.2 Å². The minimum absolute atomic E-state index is 0.0668. The summed E-state index contributed by atoms with van der Waals surface area (Å²) < 4.78 is 5.71. The summed E-state index contributed by atoms with van der Waals surface area (Å²) in [6, 6.07) is 0. The first-order valence-electron chi connectivity index (χ1n) is 6.14. The molecule has 1 fully saturated rings. The molecule has 3 N–H and O–H groups in total. The minimum atomic E-state index is -0.655. The molecule has 16 heavy (non-hydrogen) atoms. The van der Waals surface area contributed by atoms with Crippen LogP contribution in [0.15, 0.2) is 0 Å². The minimum Gasteiger partial charge on any atom is -0.378 e. The van der Waals surface area contributed by atoms with Crippen LogP contribution in [0, 0.1) is 5.92 Å². The molecule has 2 unspecified atom stereocenters. The number of amides is 1. The van der Waals surface area contributed by atoms with Crippen molar-refractivity contribution in [2.24, 2.45) is 11.7 Å². The first-order valence-corrected chi connectivity index (χ1v) is 6.14. The van der Waals surface area contributed by atoms with Gasteiger partial charge in [-0.2, -0.15) is 0 Å². The lowest BCUT2D eigenvalue weighted by atomic mass is 9.94. The number of hydrogen-bond acceptors (Lipinski definition) is 3. The molecule has 0 aromatic heterocycles. The van der Waals surface area contributed by atoms with E-state index in [2.05, 4.69) is 5.32 Å². The average Bonchev–Trinajstić information content (AvgIpc) is 2.98. The Labute approximate surface area is 97.9 Å². The van der Waals surface area contributed by atoms with Crippen molar-refractivity contribution in [3.05, 3.63) is 0 Å². The standard InChI is InChI=1S/C12H24N2O2/c1-4-14-12(3,11(13)15)7-9(2)16-8-10-5-6-10/h9-10,14H,4-8H2,1-3H3,(H2,13,15). The molecule has 1 rings (SSSR count). The van der Waals surface area contributed by atoms with Crippen LogP contribution in [0.5, 0.6) is 0 Å². The molecule has 0 aliphatic heterocycles. The van der Waals surface area contributed by atoms with E-state index in [0.29, 0.717) is 6.42 Å². The van der Waals surface area contributed by atoms with Gasteiger partial charge in [-0.1, -0.05) is 6.92 Å². The maximum atomic E-state index is 11.4. The molecule has 0 saturated heterocycles. The number of hydrogen-bond donors (Lipinski definition) is 2. The molecule has 4 nitrogen and oxygen atoms in total. The SMILES string of the molecule is CCNC(C)(CC(C)OCC1CC1)C(N)=O. The zero-order valence-corrected chi connectivity index (χ0v) is 10.6. The predicted octanol–water partition coefficient (Wildman–Crippen LogP) is 1.05. The van der Waals surface area contributed by atoms with E-state index in [0.717, 1.165) is 19.1 Å². The summed E-state index contributed by atoms with van der Waals surface area (Å²) in [6.45, 7) is 7.37. The fourth-order valence-corrected chi connectivity index (χ4v) is 1.87. The number of nitrogens with two attached hydrogens (primary N) is 1.